The molecule has 3 rings (SSSR count). The lowest BCUT2D eigenvalue weighted by Crippen LogP contribution is -2.13. The van der Waals surface area contributed by atoms with Crippen LogP contribution in [0.2, 0.25) is 0 Å². The summed E-state index contributed by atoms with van der Waals surface area (Å²) in [5, 5.41) is 3.14. The van der Waals surface area contributed by atoms with Gasteiger partial charge in [-0.05, 0) is 36.4 Å². The molecule has 2 aromatic carbocycles. The Kier molecular flexibility index (Phi) is 4.25. The Hall–Kier alpha value is -2.86. The number of rotatable bonds is 5. The molecule has 0 amide bonds. The Labute approximate surface area is 135 Å². The number of pyridine rings is 1. The molecule has 0 aliphatic heterocycles. The van der Waals surface area contributed by atoms with Crippen molar-refractivity contribution in [3.05, 3.63) is 79.0 Å². The summed E-state index contributed by atoms with van der Waals surface area (Å²) in [6.45, 7) is 0. The van der Waals surface area contributed by atoms with E-state index in [2.05, 4.69) is 15.0 Å². The van der Waals surface area contributed by atoms with Gasteiger partial charge in [0, 0.05) is 5.69 Å². The average Bonchev–Trinajstić information content (AvgIpc) is 2.58. The van der Waals surface area contributed by atoms with Gasteiger partial charge in [0.1, 0.15) is 5.82 Å². The lowest BCUT2D eigenvalue weighted by atomic mass is 10.3. The predicted molar refractivity (Wildman–Crippen MR) is 91.2 cm³/mol. The summed E-state index contributed by atoms with van der Waals surface area (Å²) in [6, 6.07) is 21.2. The zero-order valence-electron chi connectivity index (χ0n) is 12.2. The normalized spacial score (nSPS) is 11.0. The van der Waals surface area contributed by atoms with Gasteiger partial charge < -0.3 is 5.32 Å². The van der Waals surface area contributed by atoms with E-state index < -0.39 is 10.0 Å². The van der Waals surface area contributed by atoms with E-state index in [4.69, 9.17) is 0 Å². The minimum atomic E-state index is -3.60. The Bertz CT molecular complexity index is 865. The summed E-state index contributed by atoms with van der Waals surface area (Å²) >= 11 is 0. The van der Waals surface area contributed by atoms with E-state index >= 15 is 0 Å². The maximum Gasteiger partial charge on any atom is 0.261 e. The van der Waals surface area contributed by atoms with Gasteiger partial charge in [0.15, 0.2) is 0 Å². The highest BCUT2D eigenvalue weighted by Crippen LogP contribution is 2.18. The van der Waals surface area contributed by atoms with Crippen molar-refractivity contribution in [2.45, 2.75) is 4.90 Å². The number of hydrogen-bond acceptors (Lipinski definition) is 4. The van der Waals surface area contributed by atoms with Crippen LogP contribution >= 0.6 is 0 Å². The number of sulfonamides is 1. The van der Waals surface area contributed by atoms with Crippen LogP contribution in [0.5, 0.6) is 0 Å². The van der Waals surface area contributed by atoms with E-state index in [1.165, 1.54) is 6.20 Å². The highest BCUT2D eigenvalue weighted by molar-refractivity contribution is 7.92. The first-order chi connectivity index (χ1) is 11.1. The summed E-state index contributed by atoms with van der Waals surface area (Å²) in [5.74, 6) is 0.638. The summed E-state index contributed by atoms with van der Waals surface area (Å²) in [5.41, 5.74) is 1.32. The van der Waals surface area contributed by atoms with Crippen molar-refractivity contribution in [3.63, 3.8) is 0 Å². The van der Waals surface area contributed by atoms with Crippen LogP contribution in [0.25, 0.3) is 0 Å². The largest absolute Gasteiger partial charge is 0.340 e. The van der Waals surface area contributed by atoms with Gasteiger partial charge in [0.25, 0.3) is 10.0 Å². The van der Waals surface area contributed by atoms with Crippen LogP contribution in [0, 0.1) is 0 Å². The Morgan fingerprint density at radius 1 is 0.739 bits per heavy atom. The standard InChI is InChI=1S/C17H15N3O2S/c21-23(22,16-9-5-2-6-10-16)20-15-11-12-17(18-13-15)19-14-7-3-1-4-8-14/h1-13,20H,(H,18,19). The Morgan fingerprint density at radius 3 is 2.00 bits per heavy atom. The number of hydrogen-bond donors (Lipinski definition) is 2. The molecule has 6 heteroatoms. The van der Waals surface area contributed by atoms with Crippen LogP contribution in [0.1, 0.15) is 0 Å². The molecule has 0 saturated heterocycles. The van der Waals surface area contributed by atoms with Crippen molar-refractivity contribution in [2.24, 2.45) is 0 Å². The van der Waals surface area contributed by atoms with Gasteiger partial charge in [0.05, 0.1) is 16.8 Å². The van der Waals surface area contributed by atoms with Gasteiger partial charge in [-0.2, -0.15) is 0 Å². The van der Waals surface area contributed by atoms with Crippen molar-refractivity contribution in [3.8, 4) is 0 Å². The quantitative estimate of drug-likeness (QED) is 0.751. The van der Waals surface area contributed by atoms with Crippen LogP contribution in [-0.4, -0.2) is 13.4 Å². The fourth-order valence-electron chi connectivity index (χ4n) is 2.01. The van der Waals surface area contributed by atoms with E-state index in [1.807, 2.05) is 30.3 Å². The lowest BCUT2D eigenvalue weighted by molar-refractivity contribution is 0.601. The van der Waals surface area contributed by atoms with Crippen molar-refractivity contribution in [1.29, 1.82) is 0 Å². The van der Waals surface area contributed by atoms with E-state index in [-0.39, 0.29) is 4.90 Å². The number of nitrogens with one attached hydrogen (secondary N) is 2. The molecule has 3 aromatic rings. The highest BCUT2D eigenvalue weighted by Gasteiger charge is 2.13. The molecule has 0 saturated carbocycles. The van der Waals surface area contributed by atoms with Crippen molar-refractivity contribution >= 4 is 27.2 Å². The number of anilines is 3. The van der Waals surface area contributed by atoms with Crippen LogP contribution in [-0.2, 0) is 10.0 Å². The fourth-order valence-corrected chi connectivity index (χ4v) is 3.08. The molecule has 1 aromatic heterocycles. The molecule has 1 heterocycles. The minimum Gasteiger partial charge on any atom is -0.340 e. The average molecular weight is 325 g/mol. The molecule has 0 fully saturated rings. The Balaban J connectivity index is 1.73. The number of para-hydroxylation sites is 1. The highest BCUT2D eigenvalue weighted by atomic mass is 32.2. The monoisotopic (exact) mass is 325 g/mol. The zero-order chi connectivity index (χ0) is 16.1. The van der Waals surface area contributed by atoms with Crippen molar-refractivity contribution in [1.82, 2.24) is 4.98 Å². The summed E-state index contributed by atoms with van der Waals surface area (Å²) in [6.07, 6.45) is 1.48. The van der Waals surface area contributed by atoms with Gasteiger partial charge in [-0.1, -0.05) is 36.4 Å². The fraction of sp³-hybridized carbons (Fsp3) is 0. The maximum absolute atomic E-state index is 12.2. The van der Waals surface area contributed by atoms with E-state index in [1.54, 1.807) is 42.5 Å². The third-order valence-corrected chi connectivity index (χ3v) is 4.51. The van der Waals surface area contributed by atoms with E-state index in [9.17, 15) is 8.42 Å². The zero-order valence-corrected chi connectivity index (χ0v) is 13.0. The smallest absolute Gasteiger partial charge is 0.261 e. The molecule has 0 radical (unpaired) electrons. The van der Waals surface area contributed by atoms with Gasteiger partial charge >= 0.3 is 0 Å². The molecular formula is C17H15N3O2S. The van der Waals surface area contributed by atoms with Crippen LogP contribution < -0.4 is 10.0 Å². The first kappa shape index (κ1) is 15.1. The van der Waals surface area contributed by atoms with Crippen LogP contribution in [0.15, 0.2) is 83.9 Å². The Morgan fingerprint density at radius 2 is 1.39 bits per heavy atom. The third-order valence-electron chi connectivity index (χ3n) is 3.12. The van der Waals surface area contributed by atoms with E-state index in [0.717, 1.165) is 5.69 Å². The molecule has 0 unspecified atom stereocenters. The van der Waals surface area contributed by atoms with Gasteiger partial charge in [-0.25, -0.2) is 13.4 Å². The SMILES string of the molecule is O=S(=O)(Nc1ccc(Nc2ccccc2)nc1)c1ccccc1. The summed E-state index contributed by atoms with van der Waals surface area (Å²) in [4.78, 5) is 4.43. The second kappa shape index (κ2) is 6.50. The molecule has 5 nitrogen and oxygen atoms in total. The first-order valence-electron chi connectivity index (χ1n) is 6.99. The summed E-state index contributed by atoms with van der Waals surface area (Å²) in [7, 11) is -3.60. The molecular weight excluding hydrogens is 310 g/mol. The second-order valence-corrected chi connectivity index (χ2v) is 6.52. The second-order valence-electron chi connectivity index (χ2n) is 4.84. The molecule has 0 aliphatic carbocycles. The molecule has 2 N–H and O–H groups in total. The molecule has 0 spiro atoms. The third kappa shape index (κ3) is 3.87. The molecule has 0 atom stereocenters. The van der Waals surface area contributed by atoms with Crippen molar-refractivity contribution < 1.29 is 8.42 Å². The lowest BCUT2D eigenvalue weighted by Gasteiger charge is -2.09. The molecule has 23 heavy (non-hydrogen) atoms. The molecule has 116 valence electrons. The van der Waals surface area contributed by atoms with Gasteiger partial charge in [-0.3, -0.25) is 4.72 Å². The summed E-state index contributed by atoms with van der Waals surface area (Å²) < 4.78 is 27.0. The van der Waals surface area contributed by atoms with Crippen LogP contribution in [0.4, 0.5) is 17.2 Å². The first-order valence-corrected chi connectivity index (χ1v) is 8.48. The predicted octanol–water partition coefficient (Wildman–Crippen LogP) is 3.63. The van der Waals surface area contributed by atoms with E-state index in [0.29, 0.717) is 11.5 Å². The van der Waals surface area contributed by atoms with Crippen LogP contribution in [0.3, 0.4) is 0 Å². The minimum absolute atomic E-state index is 0.214. The van der Waals surface area contributed by atoms with Gasteiger partial charge in [-0.15, -0.1) is 0 Å². The van der Waals surface area contributed by atoms with Gasteiger partial charge in [0.2, 0.25) is 0 Å². The number of aromatic nitrogens is 1. The molecule has 0 bridgehead atoms. The maximum atomic E-state index is 12.2. The van der Waals surface area contributed by atoms with Crippen molar-refractivity contribution in [2.75, 3.05) is 10.0 Å². The number of nitrogens with zero attached hydrogens (tertiary/aromatic N) is 1. The topological polar surface area (TPSA) is 71.1 Å². The number of benzene rings is 2. The molecule has 0 aliphatic rings.